The van der Waals surface area contributed by atoms with Gasteiger partial charge in [-0.1, -0.05) is 16.8 Å². The van der Waals surface area contributed by atoms with E-state index in [0.29, 0.717) is 17.3 Å². The van der Waals surface area contributed by atoms with E-state index in [1.807, 2.05) is 0 Å². The van der Waals surface area contributed by atoms with Gasteiger partial charge in [-0.2, -0.15) is 0 Å². The number of rotatable bonds is 6. The highest BCUT2D eigenvalue weighted by Gasteiger charge is 2.17. The number of halogens is 2. The molecule has 24 heavy (non-hydrogen) atoms. The highest BCUT2D eigenvalue weighted by atomic mass is 35.5. The molecule has 0 fully saturated rings. The lowest BCUT2D eigenvalue weighted by atomic mass is 10.3. The van der Waals surface area contributed by atoms with E-state index < -0.39 is 11.1 Å². The van der Waals surface area contributed by atoms with Crippen LogP contribution in [0.15, 0.2) is 28.8 Å². The average molecular weight is 372 g/mol. The summed E-state index contributed by atoms with van der Waals surface area (Å²) in [6.45, 7) is 3.39. The summed E-state index contributed by atoms with van der Waals surface area (Å²) in [5.41, 5.74) is 0.391. The summed E-state index contributed by atoms with van der Waals surface area (Å²) < 4.78 is 17.9. The van der Waals surface area contributed by atoms with Gasteiger partial charge in [0.1, 0.15) is 11.6 Å². The van der Waals surface area contributed by atoms with Crippen LogP contribution in [0.3, 0.4) is 0 Å². The normalized spacial score (nSPS) is 11.8. The Kier molecular flexibility index (Phi) is 6.22. The van der Waals surface area contributed by atoms with Gasteiger partial charge in [-0.25, -0.2) is 4.39 Å². The molecule has 0 aliphatic carbocycles. The van der Waals surface area contributed by atoms with E-state index in [0.717, 1.165) is 11.8 Å². The zero-order valence-corrected chi connectivity index (χ0v) is 14.5. The molecule has 1 aromatic heterocycles. The maximum atomic E-state index is 13.1. The van der Waals surface area contributed by atoms with E-state index >= 15 is 0 Å². The molecular formula is C15H15ClFN3O3S. The van der Waals surface area contributed by atoms with Crippen LogP contribution in [-0.4, -0.2) is 28.0 Å². The van der Waals surface area contributed by atoms with E-state index in [1.54, 1.807) is 19.9 Å². The quantitative estimate of drug-likeness (QED) is 0.812. The van der Waals surface area contributed by atoms with Crippen molar-refractivity contribution in [2.24, 2.45) is 0 Å². The fourth-order valence-corrected chi connectivity index (χ4v) is 2.56. The Balaban J connectivity index is 1.79. The first kappa shape index (κ1) is 18.3. The van der Waals surface area contributed by atoms with Gasteiger partial charge < -0.3 is 15.2 Å². The summed E-state index contributed by atoms with van der Waals surface area (Å²) >= 11 is 6.80. The first-order chi connectivity index (χ1) is 11.3. The summed E-state index contributed by atoms with van der Waals surface area (Å²) in [5, 5.41) is 8.31. The first-order valence-electron chi connectivity index (χ1n) is 6.96. The molecule has 0 saturated heterocycles. The van der Waals surface area contributed by atoms with Gasteiger partial charge >= 0.3 is 0 Å². The minimum atomic E-state index is -0.558. The second kappa shape index (κ2) is 8.16. The lowest BCUT2D eigenvalue weighted by Gasteiger charge is -2.10. The van der Waals surface area contributed by atoms with Crippen molar-refractivity contribution < 1.29 is 18.5 Å². The van der Waals surface area contributed by atoms with Gasteiger partial charge in [0.2, 0.25) is 11.8 Å². The van der Waals surface area contributed by atoms with Crippen LogP contribution in [0.1, 0.15) is 12.7 Å². The number of thioether (sulfide) groups is 1. The molecular weight excluding hydrogens is 357 g/mol. The molecule has 2 N–H and O–H groups in total. The predicted octanol–water partition coefficient (Wildman–Crippen LogP) is 3.47. The molecule has 2 aromatic rings. The van der Waals surface area contributed by atoms with E-state index in [4.69, 9.17) is 16.1 Å². The van der Waals surface area contributed by atoms with E-state index in [1.165, 1.54) is 18.2 Å². The van der Waals surface area contributed by atoms with Gasteiger partial charge in [0.25, 0.3) is 0 Å². The Hall–Kier alpha value is -2.06. The Morgan fingerprint density at radius 3 is 2.75 bits per heavy atom. The minimum Gasteiger partial charge on any atom is -0.360 e. The summed E-state index contributed by atoms with van der Waals surface area (Å²) in [4.78, 5) is 23.8. The number of aromatic nitrogens is 1. The number of carbonyl (C=O) groups excluding carboxylic acids is 2. The maximum absolute atomic E-state index is 13.1. The summed E-state index contributed by atoms with van der Waals surface area (Å²) in [6.07, 6.45) is 0. The largest absolute Gasteiger partial charge is 0.360 e. The molecule has 128 valence electrons. The van der Waals surface area contributed by atoms with Crippen LogP contribution in [-0.2, 0) is 9.59 Å². The fourth-order valence-electron chi connectivity index (χ4n) is 1.70. The van der Waals surface area contributed by atoms with Crippen molar-refractivity contribution in [3.05, 3.63) is 40.9 Å². The third kappa shape index (κ3) is 5.24. The molecule has 1 aromatic carbocycles. The molecule has 9 heteroatoms. The van der Waals surface area contributed by atoms with Crippen LogP contribution in [0.2, 0.25) is 5.02 Å². The van der Waals surface area contributed by atoms with E-state index in [-0.39, 0.29) is 22.6 Å². The predicted molar refractivity (Wildman–Crippen MR) is 91.8 cm³/mol. The Morgan fingerprint density at radius 2 is 2.12 bits per heavy atom. The van der Waals surface area contributed by atoms with Crippen molar-refractivity contribution in [2.75, 3.05) is 16.4 Å². The van der Waals surface area contributed by atoms with Crippen LogP contribution in [0.5, 0.6) is 0 Å². The zero-order valence-electron chi connectivity index (χ0n) is 12.9. The number of amides is 2. The van der Waals surface area contributed by atoms with Crippen LogP contribution in [0.4, 0.5) is 15.9 Å². The summed E-state index contributed by atoms with van der Waals surface area (Å²) in [7, 11) is 0. The molecule has 0 saturated carbocycles. The highest BCUT2D eigenvalue weighted by molar-refractivity contribution is 8.01. The number of benzene rings is 1. The summed E-state index contributed by atoms with van der Waals surface area (Å²) in [5.74, 6) is -0.192. The average Bonchev–Trinajstić information content (AvgIpc) is 2.93. The maximum Gasteiger partial charge on any atom is 0.238 e. The number of nitrogens with one attached hydrogen (secondary N) is 2. The number of hydrogen-bond acceptors (Lipinski definition) is 5. The van der Waals surface area contributed by atoms with Crippen LogP contribution >= 0.6 is 23.4 Å². The van der Waals surface area contributed by atoms with Crippen molar-refractivity contribution in [1.29, 1.82) is 0 Å². The lowest BCUT2D eigenvalue weighted by molar-refractivity contribution is -0.115. The third-order valence-corrected chi connectivity index (χ3v) is 4.35. The van der Waals surface area contributed by atoms with Gasteiger partial charge in [0, 0.05) is 11.8 Å². The first-order valence-corrected chi connectivity index (χ1v) is 8.38. The molecule has 0 spiro atoms. The molecule has 1 unspecified atom stereocenters. The van der Waals surface area contributed by atoms with Crippen molar-refractivity contribution >= 4 is 46.7 Å². The van der Waals surface area contributed by atoms with Crippen LogP contribution in [0.25, 0.3) is 0 Å². The highest BCUT2D eigenvalue weighted by Crippen LogP contribution is 2.20. The topological polar surface area (TPSA) is 84.2 Å². The Bertz CT molecular complexity index is 753. The van der Waals surface area contributed by atoms with Gasteiger partial charge in [0.15, 0.2) is 5.82 Å². The smallest absolute Gasteiger partial charge is 0.238 e. The minimum absolute atomic E-state index is 0.0570. The molecule has 2 rings (SSSR count). The van der Waals surface area contributed by atoms with Gasteiger partial charge in [-0.05, 0) is 32.0 Å². The number of hydrogen-bond donors (Lipinski definition) is 2. The monoisotopic (exact) mass is 371 g/mol. The number of anilines is 2. The molecule has 1 atom stereocenters. The second-order valence-electron chi connectivity index (χ2n) is 4.94. The fraction of sp³-hybridized carbons (Fsp3) is 0.267. The van der Waals surface area contributed by atoms with E-state index in [9.17, 15) is 14.0 Å². The molecule has 2 amide bonds. The van der Waals surface area contributed by atoms with Crippen molar-refractivity contribution in [1.82, 2.24) is 5.16 Å². The zero-order chi connectivity index (χ0) is 17.7. The van der Waals surface area contributed by atoms with Gasteiger partial charge in [-0.3, -0.25) is 9.59 Å². The van der Waals surface area contributed by atoms with E-state index in [2.05, 4.69) is 15.8 Å². The molecule has 1 heterocycles. The number of carbonyl (C=O) groups is 2. The molecule has 0 aliphatic heterocycles. The molecule has 0 radical (unpaired) electrons. The van der Waals surface area contributed by atoms with Gasteiger partial charge in [0.05, 0.1) is 16.0 Å². The third-order valence-electron chi connectivity index (χ3n) is 2.92. The van der Waals surface area contributed by atoms with Crippen LogP contribution in [0, 0.1) is 12.7 Å². The standard InChI is InChI=1S/C15H15ClFN3O3S/c1-8-5-13(20-23-8)19-15(22)9(2)24-7-14(21)18-10-3-4-12(17)11(16)6-10/h3-6,9H,7H2,1-2H3,(H,18,21)(H,19,20,22). The molecule has 6 nitrogen and oxygen atoms in total. The molecule has 0 bridgehead atoms. The second-order valence-corrected chi connectivity index (χ2v) is 6.68. The van der Waals surface area contributed by atoms with Crippen molar-refractivity contribution in [3.8, 4) is 0 Å². The Morgan fingerprint density at radius 1 is 1.38 bits per heavy atom. The van der Waals surface area contributed by atoms with Gasteiger partial charge in [-0.15, -0.1) is 11.8 Å². The van der Waals surface area contributed by atoms with Crippen molar-refractivity contribution in [2.45, 2.75) is 19.1 Å². The Labute approximate surface area is 147 Å². The lowest BCUT2D eigenvalue weighted by Crippen LogP contribution is -2.25. The molecule has 0 aliphatic rings. The SMILES string of the molecule is Cc1cc(NC(=O)C(C)SCC(=O)Nc2ccc(F)c(Cl)c2)no1. The number of aryl methyl sites for hydroxylation is 1. The van der Waals surface area contributed by atoms with Crippen molar-refractivity contribution in [3.63, 3.8) is 0 Å². The summed E-state index contributed by atoms with van der Waals surface area (Å²) in [6, 6.07) is 5.50. The number of nitrogens with zero attached hydrogens (tertiary/aromatic N) is 1. The van der Waals surface area contributed by atoms with Crippen LogP contribution < -0.4 is 10.6 Å².